The average molecular weight is 382 g/mol. The molecule has 1 spiro atoms. The van der Waals surface area contributed by atoms with Crippen LogP contribution in [0.1, 0.15) is 37.7 Å². The van der Waals surface area contributed by atoms with E-state index in [9.17, 15) is 19.5 Å². The zero-order valence-corrected chi connectivity index (χ0v) is 15.4. The van der Waals surface area contributed by atoms with Gasteiger partial charge < -0.3 is 15.7 Å². The molecule has 4 atom stereocenters. The van der Waals surface area contributed by atoms with Crippen LogP contribution in [0.5, 0.6) is 0 Å². The Kier molecular flexibility index (Phi) is 4.55. The van der Waals surface area contributed by atoms with E-state index in [0.717, 1.165) is 12.0 Å². The average Bonchev–Trinajstić information content (AvgIpc) is 3.33. The Morgan fingerprint density at radius 1 is 1.36 bits per heavy atom. The van der Waals surface area contributed by atoms with Gasteiger partial charge in [0.2, 0.25) is 17.7 Å². The van der Waals surface area contributed by atoms with Gasteiger partial charge >= 0.3 is 6.17 Å². The van der Waals surface area contributed by atoms with Gasteiger partial charge in [-0.2, -0.15) is 0 Å². The Labute approximate surface area is 162 Å². The highest BCUT2D eigenvalue weighted by Gasteiger charge is 2.58. The Morgan fingerprint density at radius 2 is 2.14 bits per heavy atom. The maximum absolute atomic E-state index is 12.8. The van der Waals surface area contributed by atoms with Crippen molar-refractivity contribution in [2.75, 3.05) is 11.9 Å². The SMILES string of the molecule is [C-]#[N+][C@@H]1C[C@@]2(CN1C(=O)CC(=O)N[C@@H]1CCC[C@H]1O)C(=O)Nc1ccccc12. The third kappa shape index (κ3) is 2.92. The van der Waals surface area contributed by atoms with Gasteiger partial charge in [-0.1, -0.05) is 18.2 Å². The quantitative estimate of drug-likeness (QED) is 0.531. The lowest BCUT2D eigenvalue weighted by Gasteiger charge is -2.21. The number of nitrogens with one attached hydrogen (secondary N) is 2. The number of carbonyl (C=O) groups is 3. The molecular weight excluding hydrogens is 360 g/mol. The van der Waals surface area contributed by atoms with E-state index in [2.05, 4.69) is 15.5 Å². The van der Waals surface area contributed by atoms with Crippen molar-refractivity contribution in [2.24, 2.45) is 0 Å². The minimum absolute atomic E-state index is 0.0844. The highest BCUT2D eigenvalue weighted by Crippen LogP contribution is 2.46. The lowest BCUT2D eigenvalue weighted by molar-refractivity contribution is -0.136. The summed E-state index contributed by atoms with van der Waals surface area (Å²) in [4.78, 5) is 42.6. The number of rotatable bonds is 3. The first kappa shape index (κ1) is 18.4. The van der Waals surface area contributed by atoms with E-state index in [-0.39, 0.29) is 24.9 Å². The van der Waals surface area contributed by atoms with Crippen LogP contribution < -0.4 is 10.6 Å². The van der Waals surface area contributed by atoms with Gasteiger partial charge in [0.15, 0.2) is 0 Å². The Bertz CT molecular complexity index is 879. The van der Waals surface area contributed by atoms with Crippen LogP contribution in [-0.4, -0.2) is 52.6 Å². The van der Waals surface area contributed by atoms with Crippen LogP contribution >= 0.6 is 0 Å². The summed E-state index contributed by atoms with van der Waals surface area (Å²) in [7, 11) is 0. The highest BCUT2D eigenvalue weighted by atomic mass is 16.3. The zero-order valence-electron chi connectivity index (χ0n) is 15.4. The topological polar surface area (TPSA) is 103 Å². The molecule has 4 rings (SSSR count). The number of nitrogens with zero attached hydrogens (tertiary/aromatic N) is 2. The van der Waals surface area contributed by atoms with E-state index in [1.165, 1.54) is 4.90 Å². The van der Waals surface area contributed by atoms with Crippen LogP contribution in [0, 0.1) is 6.57 Å². The summed E-state index contributed by atoms with van der Waals surface area (Å²) in [6.07, 6.45) is 0.626. The van der Waals surface area contributed by atoms with E-state index in [1.54, 1.807) is 6.07 Å². The standard InChI is InChI=1S/C20H22N4O4/c1-21-16-10-20(12-5-2-3-6-13(12)23-19(20)28)11-24(16)18(27)9-17(26)22-14-7-4-8-15(14)25/h2-3,5-6,14-16,25H,4,7-11H2,(H,22,26)(H,23,28)/t14-,15-,16+,20+/m1/s1. The summed E-state index contributed by atoms with van der Waals surface area (Å²) in [6.45, 7) is 7.56. The van der Waals surface area contributed by atoms with E-state index >= 15 is 0 Å². The molecule has 8 nitrogen and oxygen atoms in total. The van der Waals surface area contributed by atoms with Crippen LogP contribution in [0.15, 0.2) is 24.3 Å². The first-order valence-corrected chi connectivity index (χ1v) is 9.49. The molecule has 1 aliphatic carbocycles. The van der Waals surface area contributed by atoms with Crippen LogP contribution in [0.3, 0.4) is 0 Å². The smallest absolute Gasteiger partial charge is 0.302 e. The molecule has 2 heterocycles. The number of aliphatic hydroxyl groups is 1. The van der Waals surface area contributed by atoms with Crippen LogP contribution in [-0.2, 0) is 19.8 Å². The maximum atomic E-state index is 12.8. The monoisotopic (exact) mass is 382 g/mol. The molecule has 3 amide bonds. The fraction of sp³-hybridized carbons (Fsp3) is 0.500. The van der Waals surface area contributed by atoms with Gasteiger partial charge in [0.1, 0.15) is 11.8 Å². The van der Waals surface area contributed by atoms with Crippen molar-refractivity contribution in [3.8, 4) is 0 Å². The third-order valence-corrected chi connectivity index (χ3v) is 6.06. The van der Waals surface area contributed by atoms with Gasteiger partial charge in [-0.05, 0) is 30.9 Å². The molecule has 8 heteroatoms. The van der Waals surface area contributed by atoms with E-state index in [1.807, 2.05) is 18.2 Å². The lowest BCUT2D eigenvalue weighted by atomic mass is 9.80. The van der Waals surface area contributed by atoms with Crippen molar-refractivity contribution < 1.29 is 19.5 Å². The fourth-order valence-electron chi connectivity index (χ4n) is 4.59. The number of para-hydroxylation sites is 1. The third-order valence-electron chi connectivity index (χ3n) is 6.06. The summed E-state index contributed by atoms with van der Waals surface area (Å²) in [5, 5.41) is 15.4. The van der Waals surface area contributed by atoms with Crippen LogP contribution in [0.2, 0.25) is 0 Å². The van der Waals surface area contributed by atoms with E-state index < -0.39 is 35.9 Å². The number of likely N-dealkylation sites (tertiary alicyclic amines) is 1. The van der Waals surface area contributed by atoms with Crippen molar-refractivity contribution in [3.05, 3.63) is 41.2 Å². The molecule has 0 bridgehead atoms. The van der Waals surface area contributed by atoms with Crippen LogP contribution in [0.4, 0.5) is 5.69 Å². The maximum Gasteiger partial charge on any atom is 0.302 e. The van der Waals surface area contributed by atoms with Gasteiger partial charge in [0.05, 0.1) is 18.6 Å². The van der Waals surface area contributed by atoms with E-state index in [4.69, 9.17) is 6.57 Å². The number of anilines is 1. The number of hydrogen-bond acceptors (Lipinski definition) is 4. The van der Waals surface area contributed by atoms with Gasteiger partial charge in [0, 0.05) is 12.2 Å². The summed E-state index contributed by atoms with van der Waals surface area (Å²) >= 11 is 0. The molecule has 1 saturated heterocycles. The molecule has 28 heavy (non-hydrogen) atoms. The molecule has 0 aromatic heterocycles. The number of amides is 3. The summed E-state index contributed by atoms with van der Waals surface area (Å²) in [5.41, 5.74) is 0.556. The predicted octanol–water partition coefficient (Wildman–Crippen LogP) is 0.774. The summed E-state index contributed by atoms with van der Waals surface area (Å²) < 4.78 is 0. The van der Waals surface area contributed by atoms with E-state index in [0.29, 0.717) is 18.5 Å². The molecule has 2 fully saturated rings. The second-order valence-electron chi connectivity index (χ2n) is 7.77. The minimum atomic E-state index is -0.945. The van der Waals surface area contributed by atoms with Crippen molar-refractivity contribution in [1.82, 2.24) is 10.2 Å². The Balaban J connectivity index is 1.49. The minimum Gasteiger partial charge on any atom is -0.391 e. The van der Waals surface area contributed by atoms with Gasteiger partial charge in [-0.3, -0.25) is 24.1 Å². The van der Waals surface area contributed by atoms with Crippen molar-refractivity contribution in [1.29, 1.82) is 0 Å². The summed E-state index contributed by atoms with van der Waals surface area (Å²) in [6, 6.07) is 6.98. The largest absolute Gasteiger partial charge is 0.391 e. The molecule has 1 aromatic carbocycles. The van der Waals surface area contributed by atoms with Crippen molar-refractivity contribution >= 4 is 23.4 Å². The molecule has 1 aromatic rings. The first-order valence-electron chi connectivity index (χ1n) is 9.49. The summed E-state index contributed by atoms with van der Waals surface area (Å²) in [5.74, 6) is -1.15. The van der Waals surface area contributed by atoms with Gasteiger partial charge in [-0.25, -0.2) is 6.57 Å². The van der Waals surface area contributed by atoms with Crippen molar-refractivity contribution in [2.45, 2.75) is 55.8 Å². The lowest BCUT2D eigenvalue weighted by Crippen LogP contribution is -2.44. The number of hydrogen-bond donors (Lipinski definition) is 3. The van der Waals surface area contributed by atoms with Gasteiger partial charge in [-0.15, -0.1) is 0 Å². The Morgan fingerprint density at radius 3 is 2.86 bits per heavy atom. The predicted molar refractivity (Wildman–Crippen MR) is 99.9 cm³/mol. The van der Waals surface area contributed by atoms with Gasteiger partial charge in [0.25, 0.3) is 0 Å². The molecule has 1 saturated carbocycles. The zero-order chi connectivity index (χ0) is 19.9. The number of carbonyl (C=O) groups excluding carboxylic acids is 3. The molecule has 0 radical (unpaired) electrons. The molecule has 0 unspecified atom stereocenters. The van der Waals surface area contributed by atoms with Crippen LogP contribution in [0.25, 0.3) is 4.85 Å². The first-order chi connectivity index (χ1) is 13.4. The second-order valence-corrected chi connectivity index (χ2v) is 7.77. The molecule has 3 aliphatic rings. The normalized spacial score (nSPS) is 30.8. The molecule has 146 valence electrons. The number of aliphatic hydroxyl groups excluding tert-OH is 1. The molecule has 3 N–H and O–H groups in total. The fourth-order valence-corrected chi connectivity index (χ4v) is 4.59. The number of fused-ring (bicyclic) bond motifs is 2. The molecule has 2 aliphatic heterocycles. The highest BCUT2D eigenvalue weighted by molar-refractivity contribution is 6.07. The molecular formula is C20H22N4O4. The second kappa shape index (κ2) is 6.91. The van der Waals surface area contributed by atoms with Crippen molar-refractivity contribution in [3.63, 3.8) is 0 Å². The Hall–Kier alpha value is -2.92. The number of benzene rings is 1.